The van der Waals surface area contributed by atoms with Gasteiger partial charge in [-0.05, 0) is 38.3 Å². The summed E-state index contributed by atoms with van der Waals surface area (Å²) >= 11 is 13.1. The highest BCUT2D eigenvalue weighted by molar-refractivity contribution is 6.43. The molecule has 2 saturated heterocycles. The molecule has 6 rings (SSSR count). The van der Waals surface area contributed by atoms with Crippen molar-refractivity contribution in [1.82, 2.24) is 29.5 Å². The number of hydrogen-bond donors (Lipinski definition) is 2. The molecule has 0 radical (unpaired) electrons. The zero-order valence-corrected chi connectivity index (χ0v) is 19.4. The van der Waals surface area contributed by atoms with Crippen LogP contribution in [0, 0.1) is 0 Å². The number of rotatable bonds is 2. The first-order valence-electron chi connectivity index (χ1n) is 10.5. The van der Waals surface area contributed by atoms with E-state index in [4.69, 9.17) is 33.9 Å². The van der Waals surface area contributed by atoms with Gasteiger partial charge in [0.15, 0.2) is 5.65 Å². The molecule has 9 nitrogen and oxygen atoms in total. The number of nitrogens with two attached hydrogens (primary N) is 1. The number of aromatic nitrogens is 6. The lowest BCUT2D eigenvalue weighted by atomic mass is 9.84. The third kappa shape index (κ3) is 2.50. The molecule has 5 heterocycles. The number of nitrogens with one attached hydrogen (secondary N) is 1. The minimum Gasteiger partial charge on any atom is -0.334 e. The standard InChI is InChI=1S/C21H22Cl2N8O/c1-21(24)8-9-4-7-12(21)31(9)20-25-18-14(19(32)29(20)2)16(26-27-18)10-5-6-11-13(15(10)22)17(23)30(3)28-11/h5-6,9,12H,4,7-8,24H2,1-3H3,(H,26,27)/t9-,12?,21+/m0/s1. The van der Waals surface area contributed by atoms with Gasteiger partial charge < -0.3 is 10.6 Å². The first-order valence-corrected chi connectivity index (χ1v) is 11.3. The Bertz CT molecular complexity index is 1480. The van der Waals surface area contributed by atoms with Crippen LogP contribution in [0.2, 0.25) is 10.2 Å². The van der Waals surface area contributed by atoms with Gasteiger partial charge >= 0.3 is 0 Å². The van der Waals surface area contributed by atoms with E-state index in [9.17, 15) is 4.79 Å². The van der Waals surface area contributed by atoms with Gasteiger partial charge in [0.25, 0.3) is 5.56 Å². The molecule has 0 saturated carbocycles. The van der Waals surface area contributed by atoms with Crippen LogP contribution in [-0.4, -0.2) is 47.2 Å². The molecule has 32 heavy (non-hydrogen) atoms. The number of H-pyrrole nitrogens is 1. The average Bonchev–Trinajstić information content (AvgIpc) is 3.46. The Morgan fingerprint density at radius 1 is 1.22 bits per heavy atom. The van der Waals surface area contributed by atoms with Gasteiger partial charge in [0.1, 0.15) is 16.2 Å². The van der Waals surface area contributed by atoms with Crippen LogP contribution in [-0.2, 0) is 14.1 Å². The summed E-state index contributed by atoms with van der Waals surface area (Å²) in [6, 6.07) is 4.07. The molecular weight excluding hydrogens is 451 g/mol. The van der Waals surface area contributed by atoms with Gasteiger partial charge in [0.2, 0.25) is 5.95 Å². The highest BCUT2D eigenvalue weighted by Gasteiger charge is 2.52. The summed E-state index contributed by atoms with van der Waals surface area (Å²) < 4.78 is 3.16. The number of halogens is 2. The number of aromatic amines is 1. The van der Waals surface area contributed by atoms with E-state index in [-0.39, 0.29) is 23.2 Å². The van der Waals surface area contributed by atoms with Crippen LogP contribution in [0.1, 0.15) is 26.2 Å². The normalized spacial score (nSPS) is 25.0. The molecule has 2 aliphatic heterocycles. The highest BCUT2D eigenvalue weighted by Crippen LogP contribution is 2.45. The van der Waals surface area contributed by atoms with Crippen molar-refractivity contribution >= 4 is 51.1 Å². The zero-order valence-electron chi connectivity index (χ0n) is 17.9. The molecule has 2 aliphatic rings. The van der Waals surface area contributed by atoms with E-state index < -0.39 is 0 Å². The smallest absolute Gasteiger partial charge is 0.266 e. The van der Waals surface area contributed by atoms with E-state index in [1.54, 1.807) is 29.4 Å². The lowest BCUT2D eigenvalue weighted by molar-refractivity contribution is 0.367. The summed E-state index contributed by atoms with van der Waals surface area (Å²) in [7, 11) is 3.50. The Labute approximate surface area is 193 Å². The van der Waals surface area contributed by atoms with Crippen molar-refractivity contribution in [1.29, 1.82) is 0 Å². The van der Waals surface area contributed by atoms with Crippen molar-refractivity contribution in [3.8, 4) is 11.3 Å². The van der Waals surface area contributed by atoms with Crippen molar-refractivity contribution in [3.05, 3.63) is 32.7 Å². The first-order chi connectivity index (χ1) is 15.2. The highest BCUT2D eigenvalue weighted by atomic mass is 35.5. The summed E-state index contributed by atoms with van der Waals surface area (Å²) in [5.41, 5.74) is 8.21. The second-order valence-electron chi connectivity index (χ2n) is 9.17. The largest absolute Gasteiger partial charge is 0.334 e. The fraction of sp³-hybridized carbons (Fsp3) is 0.429. The fourth-order valence-electron chi connectivity index (χ4n) is 5.55. The lowest BCUT2D eigenvalue weighted by Gasteiger charge is -2.30. The maximum atomic E-state index is 13.5. The second kappa shape index (κ2) is 6.46. The third-order valence-electron chi connectivity index (χ3n) is 7.07. The van der Waals surface area contributed by atoms with E-state index in [0.29, 0.717) is 49.3 Å². The number of aryl methyl sites for hydroxylation is 1. The minimum absolute atomic E-state index is 0.162. The lowest BCUT2D eigenvalue weighted by Crippen LogP contribution is -2.49. The molecule has 3 atom stereocenters. The van der Waals surface area contributed by atoms with Gasteiger partial charge in [-0.3, -0.25) is 19.1 Å². The topological polar surface area (TPSA) is 111 Å². The molecule has 1 aromatic carbocycles. The quantitative estimate of drug-likeness (QED) is 0.463. The van der Waals surface area contributed by atoms with Crippen LogP contribution in [0.15, 0.2) is 16.9 Å². The molecule has 166 valence electrons. The number of anilines is 1. The van der Waals surface area contributed by atoms with Crippen LogP contribution < -0.4 is 16.2 Å². The fourth-order valence-corrected chi connectivity index (χ4v) is 6.16. The van der Waals surface area contributed by atoms with E-state index >= 15 is 0 Å². The second-order valence-corrected chi connectivity index (χ2v) is 9.91. The maximum Gasteiger partial charge on any atom is 0.266 e. The molecule has 0 aliphatic carbocycles. The van der Waals surface area contributed by atoms with Crippen molar-refractivity contribution in [2.45, 2.75) is 43.8 Å². The monoisotopic (exact) mass is 472 g/mol. The molecule has 2 fully saturated rings. The van der Waals surface area contributed by atoms with Crippen molar-refractivity contribution in [3.63, 3.8) is 0 Å². The van der Waals surface area contributed by atoms with Gasteiger partial charge in [-0.2, -0.15) is 15.2 Å². The Hall–Kier alpha value is -2.62. The SMILES string of the molecule is Cn1nc2ccc(-c3n[nH]c4nc(N5C6CC[C@H]5C[C@@]6(C)N)n(C)c(=O)c34)c(Cl)c2c1Cl. The Kier molecular flexibility index (Phi) is 4.04. The Balaban J connectivity index is 1.55. The van der Waals surface area contributed by atoms with Gasteiger partial charge in [-0.25, -0.2) is 0 Å². The van der Waals surface area contributed by atoms with E-state index in [1.807, 2.05) is 6.07 Å². The zero-order chi connectivity index (χ0) is 22.5. The molecule has 11 heteroatoms. The van der Waals surface area contributed by atoms with Gasteiger partial charge in [0, 0.05) is 37.3 Å². The van der Waals surface area contributed by atoms with Crippen molar-refractivity contribution in [2.24, 2.45) is 19.8 Å². The number of benzene rings is 1. The summed E-state index contributed by atoms with van der Waals surface area (Å²) in [6.07, 6.45) is 2.95. The van der Waals surface area contributed by atoms with Crippen LogP contribution >= 0.6 is 23.2 Å². The Morgan fingerprint density at radius 3 is 2.69 bits per heavy atom. The van der Waals surface area contributed by atoms with Gasteiger partial charge in [-0.1, -0.05) is 23.2 Å². The number of hydrogen-bond acceptors (Lipinski definition) is 6. The first kappa shape index (κ1) is 20.0. The van der Waals surface area contributed by atoms with Crippen molar-refractivity contribution < 1.29 is 0 Å². The molecule has 0 amide bonds. The van der Waals surface area contributed by atoms with Gasteiger partial charge in [0.05, 0.1) is 15.9 Å². The predicted molar refractivity (Wildman–Crippen MR) is 125 cm³/mol. The molecule has 3 aromatic heterocycles. The summed E-state index contributed by atoms with van der Waals surface area (Å²) in [5, 5.41) is 13.6. The van der Waals surface area contributed by atoms with Crippen LogP contribution in [0.25, 0.3) is 33.2 Å². The van der Waals surface area contributed by atoms with Crippen LogP contribution in [0.5, 0.6) is 0 Å². The molecule has 4 aromatic rings. The van der Waals surface area contributed by atoms with E-state index in [0.717, 1.165) is 19.3 Å². The van der Waals surface area contributed by atoms with Gasteiger partial charge in [-0.15, -0.1) is 0 Å². The average molecular weight is 473 g/mol. The predicted octanol–water partition coefficient (Wildman–Crippen LogP) is 2.98. The number of nitrogens with zero attached hydrogens (tertiary/aromatic N) is 6. The van der Waals surface area contributed by atoms with E-state index in [1.165, 1.54) is 0 Å². The Morgan fingerprint density at radius 2 is 2.00 bits per heavy atom. The summed E-state index contributed by atoms with van der Waals surface area (Å²) in [5.74, 6) is 0.622. The maximum absolute atomic E-state index is 13.5. The molecule has 2 bridgehead atoms. The van der Waals surface area contributed by atoms with Crippen LogP contribution in [0.3, 0.4) is 0 Å². The molecule has 1 unspecified atom stereocenters. The molecule has 0 spiro atoms. The third-order valence-corrected chi connectivity index (χ3v) is 7.90. The summed E-state index contributed by atoms with van der Waals surface area (Å²) in [4.78, 5) is 20.6. The number of fused-ring (bicyclic) bond motifs is 4. The molecule has 3 N–H and O–H groups in total. The molecular formula is C21H22Cl2N8O. The van der Waals surface area contributed by atoms with Crippen molar-refractivity contribution in [2.75, 3.05) is 4.90 Å². The van der Waals surface area contributed by atoms with Crippen LogP contribution in [0.4, 0.5) is 5.95 Å². The van der Waals surface area contributed by atoms with E-state index in [2.05, 4.69) is 27.1 Å². The summed E-state index contributed by atoms with van der Waals surface area (Å²) in [6.45, 7) is 2.08. The minimum atomic E-state index is -0.291.